The Hall–Kier alpha value is -4.84. The number of hydrogen-bond donors (Lipinski definition) is 4. The van der Waals surface area contributed by atoms with Crippen LogP contribution in [-0.2, 0) is 46.5 Å². The molecule has 3 rings (SSSR count). The zero-order chi connectivity index (χ0) is 34.0. The van der Waals surface area contributed by atoms with Gasteiger partial charge in [-0.3, -0.25) is 33.7 Å². The molecule has 0 radical (unpaired) electrons. The van der Waals surface area contributed by atoms with Gasteiger partial charge in [0, 0.05) is 43.6 Å². The Kier molecular flexibility index (Phi) is 15.3. The molecule has 2 aromatic carbocycles. The van der Waals surface area contributed by atoms with Gasteiger partial charge in [-0.25, -0.2) is 0 Å². The Bertz CT molecular complexity index is 1380. The van der Waals surface area contributed by atoms with Crippen LogP contribution in [0.4, 0.5) is 5.69 Å². The normalized spacial score (nSPS) is 13.6. The highest BCUT2D eigenvalue weighted by molar-refractivity contribution is 6.12. The lowest BCUT2D eigenvalue weighted by molar-refractivity contribution is -0.144. The van der Waals surface area contributed by atoms with Crippen molar-refractivity contribution >= 4 is 41.2 Å². The summed E-state index contributed by atoms with van der Waals surface area (Å²) in [6, 6.07) is 14.4. The van der Waals surface area contributed by atoms with Gasteiger partial charge in [0.1, 0.15) is 18.7 Å². The Labute approximate surface area is 275 Å². The highest BCUT2D eigenvalue weighted by Gasteiger charge is 2.27. The molecule has 5 amide bonds. The van der Waals surface area contributed by atoms with Gasteiger partial charge in [-0.15, -0.1) is 0 Å². The number of nitrogens with two attached hydrogens (primary N) is 1. The highest BCUT2D eigenvalue weighted by Crippen LogP contribution is 2.14. The van der Waals surface area contributed by atoms with E-state index in [4.69, 9.17) is 10.5 Å². The molecule has 12 nitrogen and oxygen atoms in total. The van der Waals surface area contributed by atoms with Gasteiger partial charge in [0.25, 0.3) is 11.8 Å². The first-order chi connectivity index (χ1) is 22.7. The van der Waals surface area contributed by atoms with Crippen molar-refractivity contribution < 1.29 is 33.5 Å². The Morgan fingerprint density at radius 3 is 2.15 bits per heavy atom. The number of amides is 5. The lowest BCUT2D eigenvalue weighted by atomic mass is 10.0. The number of ether oxygens (including phenoxy) is 1. The molecule has 1 aliphatic heterocycles. The van der Waals surface area contributed by atoms with E-state index in [1.54, 1.807) is 31.2 Å². The summed E-state index contributed by atoms with van der Waals surface area (Å²) in [6.45, 7) is 2.58. The van der Waals surface area contributed by atoms with Crippen LogP contribution in [0.2, 0.25) is 0 Å². The summed E-state index contributed by atoms with van der Waals surface area (Å²) in [6.07, 6.45) is 6.49. The van der Waals surface area contributed by atoms with Gasteiger partial charge in [0.05, 0.1) is 0 Å². The lowest BCUT2D eigenvalue weighted by Gasteiger charge is -2.23. The van der Waals surface area contributed by atoms with E-state index in [0.717, 1.165) is 11.1 Å². The average Bonchev–Trinajstić information content (AvgIpc) is 3.39. The van der Waals surface area contributed by atoms with Crippen molar-refractivity contribution in [3.63, 3.8) is 0 Å². The van der Waals surface area contributed by atoms with E-state index in [1.807, 2.05) is 30.3 Å². The smallest absolute Gasteiger partial charge is 0.305 e. The molecular formula is C35H45N5O7. The van der Waals surface area contributed by atoms with Gasteiger partial charge in [0.2, 0.25) is 17.7 Å². The van der Waals surface area contributed by atoms with Crippen LogP contribution < -0.4 is 21.7 Å². The number of carbonyl (C=O) groups excluding carboxylic acids is 6. The molecule has 2 atom stereocenters. The van der Waals surface area contributed by atoms with Crippen LogP contribution in [0.1, 0.15) is 69.4 Å². The van der Waals surface area contributed by atoms with Gasteiger partial charge < -0.3 is 26.4 Å². The van der Waals surface area contributed by atoms with Gasteiger partial charge in [-0.1, -0.05) is 55.8 Å². The molecule has 0 aliphatic carbocycles. The topological polar surface area (TPSA) is 177 Å². The van der Waals surface area contributed by atoms with Crippen LogP contribution in [0.15, 0.2) is 66.7 Å². The molecule has 0 spiro atoms. The van der Waals surface area contributed by atoms with Crippen molar-refractivity contribution in [2.24, 2.45) is 5.73 Å². The fourth-order valence-corrected chi connectivity index (χ4v) is 4.92. The van der Waals surface area contributed by atoms with Gasteiger partial charge in [-0.05, 0) is 61.9 Å². The van der Waals surface area contributed by atoms with Crippen LogP contribution in [-0.4, -0.2) is 65.6 Å². The van der Waals surface area contributed by atoms with Crippen LogP contribution >= 0.6 is 0 Å². The summed E-state index contributed by atoms with van der Waals surface area (Å²) in [5, 5.41) is 8.53. The van der Waals surface area contributed by atoms with E-state index in [2.05, 4.69) is 16.0 Å². The van der Waals surface area contributed by atoms with E-state index < -0.39 is 23.9 Å². The van der Waals surface area contributed by atoms with Crippen molar-refractivity contribution in [1.82, 2.24) is 15.5 Å². The zero-order valence-electron chi connectivity index (χ0n) is 26.9. The van der Waals surface area contributed by atoms with Crippen molar-refractivity contribution in [3.05, 3.63) is 77.9 Å². The van der Waals surface area contributed by atoms with Gasteiger partial charge in [-0.2, -0.15) is 0 Å². The first kappa shape index (κ1) is 36.6. The Balaban J connectivity index is 1.60. The molecular weight excluding hydrogens is 602 g/mol. The van der Waals surface area contributed by atoms with Crippen LogP contribution in [0.5, 0.6) is 0 Å². The summed E-state index contributed by atoms with van der Waals surface area (Å²) < 4.78 is 5.15. The number of rotatable bonds is 20. The molecule has 2 aromatic rings. The average molecular weight is 648 g/mol. The third kappa shape index (κ3) is 12.8. The van der Waals surface area contributed by atoms with Crippen molar-refractivity contribution in [2.45, 2.75) is 83.4 Å². The monoisotopic (exact) mass is 647 g/mol. The number of benzene rings is 2. The van der Waals surface area contributed by atoms with Crippen molar-refractivity contribution in [2.75, 3.05) is 18.4 Å². The first-order valence-electron chi connectivity index (χ1n) is 16.1. The van der Waals surface area contributed by atoms with E-state index in [1.165, 1.54) is 17.1 Å². The minimum atomic E-state index is -0.925. The molecule has 0 saturated heterocycles. The second kappa shape index (κ2) is 19.6. The number of unbranched alkanes of at least 4 members (excludes halogenated alkanes) is 3. The number of imide groups is 1. The molecule has 0 unspecified atom stereocenters. The predicted molar refractivity (Wildman–Crippen MR) is 176 cm³/mol. The molecule has 1 aliphatic rings. The fourth-order valence-electron chi connectivity index (χ4n) is 4.92. The number of nitrogens with zero attached hydrogens (tertiary/aromatic N) is 1. The van der Waals surface area contributed by atoms with E-state index in [9.17, 15) is 28.8 Å². The van der Waals surface area contributed by atoms with Gasteiger partial charge >= 0.3 is 5.97 Å². The Morgan fingerprint density at radius 1 is 0.787 bits per heavy atom. The lowest BCUT2D eigenvalue weighted by Crippen LogP contribution is -2.53. The molecule has 0 aromatic heterocycles. The van der Waals surface area contributed by atoms with Crippen LogP contribution in [0.3, 0.4) is 0 Å². The second-order valence-corrected chi connectivity index (χ2v) is 11.3. The second-order valence-electron chi connectivity index (χ2n) is 11.3. The zero-order valence-corrected chi connectivity index (χ0v) is 26.9. The summed E-state index contributed by atoms with van der Waals surface area (Å²) in [4.78, 5) is 75.9. The van der Waals surface area contributed by atoms with E-state index >= 15 is 0 Å². The van der Waals surface area contributed by atoms with Crippen molar-refractivity contribution in [1.29, 1.82) is 0 Å². The standard InChI is InChI=1S/C35H45N5O7/c1-2-33(44)47-24-26-15-17-27(18-16-26)37-34(45)28(13-8-9-21-36)39-35(46)29(23-25-11-5-3-6-12-25)38-30(41)14-7-4-10-22-40-31(42)19-20-32(40)43/h3,5-6,11-12,15-20,28-29H,2,4,7-10,13-14,21-24,36H2,1H3,(H,37,45)(H,38,41)(H,39,46)/t28-,29-/m0/s1. The summed E-state index contributed by atoms with van der Waals surface area (Å²) in [7, 11) is 0. The Morgan fingerprint density at radius 2 is 1.49 bits per heavy atom. The number of nitrogens with one attached hydrogen (secondary N) is 3. The SMILES string of the molecule is CCC(=O)OCc1ccc(NC(=O)[C@H](CCCCN)NC(=O)[C@H](Cc2ccccc2)NC(=O)CCCCCN2C(=O)C=CC2=O)cc1. The van der Waals surface area contributed by atoms with Crippen LogP contribution in [0.25, 0.3) is 0 Å². The third-order valence-corrected chi connectivity index (χ3v) is 7.61. The largest absolute Gasteiger partial charge is 0.461 e. The maximum atomic E-state index is 13.6. The molecule has 252 valence electrons. The molecule has 12 heteroatoms. The molecule has 5 N–H and O–H groups in total. The van der Waals surface area contributed by atoms with E-state index in [-0.39, 0.29) is 56.1 Å². The molecule has 0 fully saturated rings. The van der Waals surface area contributed by atoms with Gasteiger partial charge in [0.15, 0.2) is 0 Å². The summed E-state index contributed by atoms with van der Waals surface area (Å²) in [5.41, 5.74) is 7.80. The minimum absolute atomic E-state index is 0.130. The predicted octanol–water partition coefficient (Wildman–Crippen LogP) is 2.91. The van der Waals surface area contributed by atoms with Crippen molar-refractivity contribution in [3.8, 4) is 0 Å². The molecule has 0 bridgehead atoms. The van der Waals surface area contributed by atoms with E-state index in [0.29, 0.717) is 50.8 Å². The number of anilines is 1. The summed E-state index contributed by atoms with van der Waals surface area (Å²) >= 11 is 0. The quantitative estimate of drug-likeness (QED) is 0.0963. The highest BCUT2D eigenvalue weighted by atomic mass is 16.5. The maximum Gasteiger partial charge on any atom is 0.305 e. The fraction of sp³-hybridized carbons (Fsp3) is 0.429. The molecule has 0 saturated carbocycles. The number of esters is 1. The number of hydrogen-bond acceptors (Lipinski definition) is 8. The summed E-state index contributed by atoms with van der Waals surface area (Å²) in [5.74, 6) is -2.17. The number of carbonyl (C=O) groups is 6. The third-order valence-electron chi connectivity index (χ3n) is 7.61. The molecule has 47 heavy (non-hydrogen) atoms. The minimum Gasteiger partial charge on any atom is -0.461 e. The maximum absolute atomic E-state index is 13.6. The first-order valence-corrected chi connectivity index (χ1v) is 16.1. The molecule has 1 heterocycles. The van der Waals surface area contributed by atoms with Crippen LogP contribution in [0, 0.1) is 0 Å².